The summed E-state index contributed by atoms with van der Waals surface area (Å²) in [7, 11) is 0. The third-order valence-electron chi connectivity index (χ3n) is 3.06. The lowest BCUT2D eigenvalue weighted by molar-refractivity contribution is -0.117. The SMILES string of the molecule is O=C(Nc1ncn[nH]1)[C@@H]1C[C@@H]1c1cccc(Br)c1. The van der Waals surface area contributed by atoms with Gasteiger partial charge in [0, 0.05) is 10.4 Å². The van der Waals surface area contributed by atoms with E-state index in [-0.39, 0.29) is 11.8 Å². The van der Waals surface area contributed by atoms with Gasteiger partial charge in [-0.05, 0) is 30.0 Å². The number of anilines is 1. The van der Waals surface area contributed by atoms with Crippen LogP contribution < -0.4 is 5.32 Å². The Kier molecular flexibility index (Phi) is 2.87. The van der Waals surface area contributed by atoms with Crippen LogP contribution in [0.5, 0.6) is 0 Å². The average molecular weight is 307 g/mol. The van der Waals surface area contributed by atoms with Crippen LogP contribution in [0.25, 0.3) is 0 Å². The molecule has 0 spiro atoms. The van der Waals surface area contributed by atoms with Crippen molar-refractivity contribution in [3.8, 4) is 0 Å². The fourth-order valence-electron chi connectivity index (χ4n) is 2.07. The second-order valence-electron chi connectivity index (χ2n) is 4.33. The number of carbonyl (C=O) groups is 1. The number of amides is 1. The molecule has 1 aliphatic rings. The largest absolute Gasteiger partial charge is 0.295 e. The van der Waals surface area contributed by atoms with Crippen molar-refractivity contribution in [2.24, 2.45) is 5.92 Å². The Hall–Kier alpha value is -1.69. The van der Waals surface area contributed by atoms with Crippen molar-refractivity contribution >= 4 is 27.8 Å². The van der Waals surface area contributed by atoms with Gasteiger partial charge in [-0.15, -0.1) is 0 Å². The van der Waals surface area contributed by atoms with E-state index in [0.717, 1.165) is 10.9 Å². The molecule has 1 fully saturated rings. The Balaban J connectivity index is 1.65. The van der Waals surface area contributed by atoms with Gasteiger partial charge in [0.15, 0.2) is 0 Å². The van der Waals surface area contributed by atoms with Crippen molar-refractivity contribution < 1.29 is 4.79 Å². The summed E-state index contributed by atoms with van der Waals surface area (Å²) < 4.78 is 1.04. The minimum Gasteiger partial charge on any atom is -0.295 e. The van der Waals surface area contributed by atoms with E-state index in [0.29, 0.717) is 11.9 Å². The van der Waals surface area contributed by atoms with Crippen molar-refractivity contribution in [2.75, 3.05) is 5.32 Å². The fourth-order valence-corrected chi connectivity index (χ4v) is 2.48. The quantitative estimate of drug-likeness (QED) is 0.914. The molecule has 18 heavy (non-hydrogen) atoms. The molecule has 0 bridgehead atoms. The molecule has 1 heterocycles. The highest BCUT2D eigenvalue weighted by atomic mass is 79.9. The summed E-state index contributed by atoms with van der Waals surface area (Å²) in [4.78, 5) is 15.8. The summed E-state index contributed by atoms with van der Waals surface area (Å²) in [6, 6.07) is 8.09. The Morgan fingerprint density at radius 1 is 1.50 bits per heavy atom. The van der Waals surface area contributed by atoms with Crippen molar-refractivity contribution in [3.05, 3.63) is 40.6 Å². The van der Waals surface area contributed by atoms with E-state index in [1.807, 2.05) is 12.1 Å². The van der Waals surface area contributed by atoms with Crippen LogP contribution in [0.15, 0.2) is 35.1 Å². The van der Waals surface area contributed by atoms with Gasteiger partial charge in [-0.2, -0.15) is 10.1 Å². The van der Waals surface area contributed by atoms with E-state index in [9.17, 15) is 4.79 Å². The number of nitrogens with zero attached hydrogens (tertiary/aromatic N) is 2. The molecule has 5 nitrogen and oxygen atoms in total. The summed E-state index contributed by atoms with van der Waals surface area (Å²) in [5.41, 5.74) is 1.20. The molecule has 2 aromatic rings. The molecular formula is C12H11BrN4O. The number of aromatic nitrogens is 3. The molecular weight excluding hydrogens is 296 g/mol. The van der Waals surface area contributed by atoms with E-state index in [4.69, 9.17) is 0 Å². The summed E-state index contributed by atoms with van der Waals surface area (Å²) in [6.45, 7) is 0. The lowest BCUT2D eigenvalue weighted by Gasteiger charge is -2.02. The van der Waals surface area contributed by atoms with Crippen LogP contribution in [0.3, 0.4) is 0 Å². The van der Waals surface area contributed by atoms with Crippen LogP contribution in [-0.2, 0) is 4.79 Å². The van der Waals surface area contributed by atoms with Gasteiger partial charge in [0.05, 0.1) is 0 Å². The van der Waals surface area contributed by atoms with Gasteiger partial charge in [-0.25, -0.2) is 5.10 Å². The van der Waals surface area contributed by atoms with Gasteiger partial charge in [-0.3, -0.25) is 10.1 Å². The number of aromatic amines is 1. The van der Waals surface area contributed by atoms with Gasteiger partial charge >= 0.3 is 0 Å². The van der Waals surface area contributed by atoms with Gasteiger partial charge < -0.3 is 0 Å². The molecule has 92 valence electrons. The number of benzene rings is 1. The number of nitrogens with one attached hydrogen (secondary N) is 2. The van der Waals surface area contributed by atoms with E-state index in [1.165, 1.54) is 11.9 Å². The molecule has 0 aliphatic heterocycles. The summed E-state index contributed by atoms with van der Waals surface area (Å²) in [6.07, 6.45) is 2.25. The normalized spacial score (nSPS) is 21.6. The fraction of sp³-hybridized carbons (Fsp3) is 0.250. The maximum Gasteiger partial charge on any atom is 0.230 e. The highest BCUT2D eigenvalue weighted by Gasteiger charge is 2.44. The van der Waals surface area contributed by atoms with Crippen LogP contribution in [0.4, 0.5) is 5.95 Å². The highest BCUT2D eigenvalue weighted by molar-refractivity contribution is 9.10. The van der Waals surface area contributed by atoms with Crippen molar-refractivity contribution in [3.63, 3.8) is 0 Å². The average Bonchev–Trinajstić information content (AvgIpc) is 3.01. The number of hydrogen-bond acceptors (Lipinski definition) is 3. The Morgan fingerprint density at radius 3 is 3.11 bits per heavy atom. The maximum atomic E-state index is 11.9. The molecule has 0 unspecified atom stereocenters. The first-order valence-electron chi connectivity index (χ1n) is 5.66. The topological polar surface area (TPSA) is 70.7 Å². The first-order chi connectivity index (χ1) is 8.74. The van der Waals surface area contributed by atoms with Gasteiger partial charge in [0.1, 0.15) is 6.33 Å². The third-order valence-corrected chi connectivity index (χ3v) is 3.55. The molecule has 1 aromatic heterocycles. The lowest BCUT2D eigenvalue weighted by atomic mass is 10.1. The van der Waals surface area contributed by atoms with Crippen LogP contribution in [0, 0.1) is 5.92 Å². The van der Waals surface area contributed by atoms with Crippen LogP contribution in [-0.4, -0.2) is 21.1 Å². The molecule has 1 amide bonds. The Morgan fingerprint density at radius 2 is 2.39 bits per heavy atom. The molecule has 2 atom stereocenters. The van der Waals surface area contributed by atoms with Crippen LogP contribution in [0.1, 0.15) is 17.9 Å². The van der Waals surface area contributed by atoms with Gasteiger partial charge in [0.2, 0.25) is 11.9 Å². The molecule has 6 heteroatoms. The predicted octanol–water partition coefficient (Wildman–Crippen LogP) is 2.31. The van der Waals surface area contributed by atoms with Crippen molar-refractivity contribution in [1.82, 2.24) is 15.2 Å². The second kappa shape index (κ2) is 4.53. The second-order valence-corrected chi connectivity index (χ2v) is 5.24. The van der Waals surface area contributed by atoms with E-state index < -0.39 is 0 Å². The monoisotopic (exact) mass is 306 g/mol. The first-order valence-corrected chi connectivity index (χ1v) is 6.45. The molecule has 1 saturated carbocycles. The molecule has 0 radical (unpaired) electrons. The number of hydrogen-bond donors (Lipinski definition) is 2. The van der Waals surface area contributed by atoms with Crippen molar-refractivity contribution in [2.45, 2.75) is 12.3 Å². The van der Waals surface area contributed by atoms with Crippen LogP contribution >= 0.6 is 15.9 Å². The first kappa shape index (κ1) is 11.4. The summed E-state index contributed by atoms with van der Waals surface area (Å²) in [5.74, 6) is 0.742. The standard InChI is InChI=1S/C12H11BrN4O/c13-8-3-1-2-7(4-8)9-5-10(9)11(18)16-12-14-6-15-17-12/h1-4,6,9-10H,5H2,(H2,14,15,16,17,18)/t9-,10-/m1/s1. The number of rotatable bonds is 3. The zero-order valence-corrected chi connectivity index (χ0v) is 11.0. The minimum atomic E-state index is -0.00303. The lowest BCUT2D eigenvalue weighted by Crippen LogP contribution is -2.15. The maximum absolute atomic E-state index is 11.9. The smallest absolute Gasteiger partial charge is 0.230 e. The van der Waals surface area contributed by atoms with Crippen LogP contribution in [0.2, 0.25) is 0 Å². The van der Waals surface area contributed by atoms with E-state index in [2.05, 4.69) is 48.6 Å². The zero-order valence-electron chi connectivity index (χ0n) is 9.43. The minimum absolute atomic E-state index is 0.00303. The van der Waals surface area contributed by atoms with Gasteiger partial charge in [0.25, 0.3) is 0 Å². The van der Waals surface area contributed by atoms with Gasteiger partial charge in [-0.1, -0.05) is 28.1 Å². The number of halogens is 1. The highest BCUT2D eigenvalue weighted by Crippen LogP contribution is 2.48. The Labute approximate surface area is 112 Å². The van der Waals surface area contributed by atoms with Crippen molar-refractivity contribution in [1.29, 1.82) is 0 Å². The third kappa shape index (κ3) is 2.28. The Bertz CT molecular complexity index is 569. The molecule has 0 saturated heterocycles. The summed E-state index contributed by atoms with van der Waals surface area (Å²) >= 11 is 3.44. The molecule has 1 aromatic carbocycles. The zero-order chi connectivity index (χ0) is 12.5. The van der Waals surface area contributed by atoms with E-state index in [1.54, 1.807) is 0 Å². The molecule has 1 aliphatic carbocycles. The summed E-state index contributed by atoms with van der Waals surface area (Å²) in [5, 5.41) is 9.02. The van der Waals surface area contributed by atoms with E-state index >= 15 is 0 Å². The number of carbonyl (C=O) groups excluding carboxylic acids is 1. The number of H-pyrrole nitrogens is 1. The predicted molar refractivity (Wildman–Crippen MR) is 70.0 cm³/mol. The molecule has 3 rings (SSSR count). The molecule has 2 N–H and O–H groups in total.